The lowest BCUT2D eigenvalue weighted by Gasteiger charge is -2.62. The quantitative estimate of drug-likeness (QED) is 0.130. The summed E-state index contributed by atoms with van der Waals surface area (Å²) in [6.45, 7) is 10.00. The first-order valence-corrected chi connectivity index (χ1v) is 45.2. The molecule has 5 heterocycles. The maximum atomic E-state index is 14.1. The van der Waals surface area contributed by atoms with E-state index in [1.165, 1.54) is 77.0 Å². The molecule has 0 amide bonds. The molecule has 24 saturated carbocycles. The second-order valence-corrected chi connectivity index (χ2v) is 41.0. The van der Waals surface area contributed by atoms with Crippen molar-refractivity contribution in [2.45, 2.75) is 305 Å². The number of hydrogen-bond donors (Lipinski definition) is 1. The van der Waals surface area contributed by atoms with Crippen LogP contribution in [0.2, 0.25) is 0 Å². The maximum Gasteiger partial charge on any atom is 0.335 e. The zero-order chi connectivity index (χ0) is 79.1. The van der Waals surface area contributed by atoms with Crippen molar-refractivity contribution in [1.82, 2.24) is 0 Å². The fourth-order valence-electron chi connectivity index (χ4n) is 31.0. The lowest BCUT2D eigenvalue weighted by molar-refractivity contribution is -0.369. The minimum atomic E-state index is -4.29. The Morgan fingerprint density at radius 1 is 0.292 bits per heavy atom. The molecule has 1 N–H and O–H groups in total. The molecular weight excluding hydrogens is 1480 g/mol. The van der Waals surface area contributed by atoms with Crippen LogP contribution >= 0.6 is 0 Å². The fourth-order valence-corrected chi connectivity index (χ4v) is 31.0. The summed E-state index contributed by atoms with van der Waals surface area (Å²) >= 11 is 0. The maximum absolute atomic E-state index is 14.1. The van der Waals surface area contributed by atoms with Crippen LogP contribution in [0.1, 0.15) is 241 Å². The smallest absolute Gasteiger partial charge is 0.335 e. The minimum Gasteiger partial charge on any atom is -0.465 e. The molecule has 24 bridgehead atoms. The molecule has 0 aromatic heterocycles. The first kappa shape index (κ1) is 81.4. The van der Waals surface area contributed by atoms with Crippen molar-refractivity contribution < 1.29 is 116 Å². The number of halogens is 8. The van der Waals surface area contributed by atoms with E-state index in [0.29, 0.717) is 158 Å². The number of carbonyl (C=O) groups excluding carboxylic acids is 3. The molecule has 0 aromatic carbocycles. The lowest BCUT2D eigenvalue weighted by Crippen LogP contribution is -2.65. The summed E-state index contributed by atoms with van der Waals surface area (Å²) in [5, 5.41) is 10.9. The topological polar surface area (TPSA) is 191 Å². The Bertz CT molecular complexity index is 3310. The third-order valence-corrected chi connectivity index (χ3v) is 34.1. The van der Waals surface area contributed by atoms with Crippen LogP contribution in [-0.4, -0.2) is 167 Å². The first-order chi connectivity index (χ1) is 54.0. The van der Waals surface area contributed by atoms with Gasteiger partial charge in [0.1, 0.15) is 39.1 Å². The Balaban J connectivity index is 0.000000115. The van der Waals surface area contributed by atoms with E-state index in [1.807, 2.05) is 41.5 Å². The van der Waals surface area contributed by atoms with Gasteiger partial charge in [0, 0.05) is 71.0 Å². The third kappa shape index (κ3) is 13.4. The molecule has 5 aliphatic heterocycles. The largest absolute Gasteiger partial charge is 0.465 e. The van der Waals surface area contributed by atoms with E-state index >= 15 is 0 Å². The monoisotopic (exact) mass is 1610 g/mol. The number of esters is 3. The highest BCUT2D eigenvalue weighted by Crippen LogP contribution is 2.71. The Morgan fingerprint density at radius 2 is 0.549 bits per heavy atom. The average Bonchev–Trinajstić information content (AvgIpc) is 1.70. The van der Waals surface area contributed by atoms with Gasteiger partial charge in [-0.15, -0.1) is 0 Å². The Labute approximate surface area is 661 Å². The van der Waals surface area contributed by atoms with Gasteiger partial charge in [-0.2, -0.15) is 35.1 Å². The highest BCUT2D eigenvalue weighted by molar-refractivity contribution is 5.79. The van der Waals surface area contributed by atoms with Crippen molar-refractivity contribution in [1.29, 1.82) is 0 Å². The number of rotatable bonds is 9. The molecule has 25 heteroatoms. The number of ether oxygens (including phenoxy) is 13. The Morgan fingerprint density at radius 3 is 0.867 bits per heavy atom. The summed E-state index contributed by atoms with van der Waals surface area (Å²) in [6.07, 6.45) is 29.0. The summed E-state index contributed by atoms with van der Waals surface area (Å²) < 4.78 is 191. The SMILES string of the molecule is CC.CC.CC.O=C(OCC1COC2(O1)C1CC3CC(C1)CC2C3)C12CC3CC(C1)C1(OCC(F)(F)C(F)(F)CO1)C(C3)C2.O=C(OCC1COC2(OC1)C1CC3CC(C1)CC2C3)C12CC3CC(C1)C1(OCC(F)(F)C(F)(F)CO1)C(C3)C2.O=C(OCC1COC2(OC1)C1CC3CC(C1)CC2C3)C12CC3CC(CC(O)(C3)C1)C2. The molecule has 0 aromatic rings. The van der Waals surface area contributed by atoms with E-state index < -0.39 is 107 Å². The van der Waals surface area contributed by atoms with Crippen LogP contribution in [0.3, 0.4) is 0 Å². The molecule has 29 aliphatic rings. The van der Waals surface area contributed by atoms with Crippen molar-refractivity contribution >= 4 is 17.9 Å². The van der Waals surface area contributed by atoms with Crippen molar-refractivity contribution in [2.24, 2.45) is 146 Å². The molecule has 7 unspecified atom stereocenters. The molecule has 5 spiro atoms. The van der Waals surface area contributed by atoms with Crippen LogP contribution in [0.5, 0.6) is 0 Å². The van der Waals surface area contributed by atoms with Gasteiger partial charge in [-0.3, -0.25) is 14.4 Å². The van der Waals surface area contributed by atoms with Gasteiger partial charge in [-0.05, 0) is 258 Å². The standard InChI is InChI=1S/C29H38F4O6.C28H36F4O6.C25H36O5.3C2H6/c30-26(31)14-38-29(39-15-27(26,32)33)22-6-18-7-23(29)10-25(8-18,9-22)24(34)35-11-19-12-36-28(37-13-19)20-2-16-1-17(4-20)5-21(28)3-16;29-25(30)13-36-27(37-14-26(25,31)32)20-6-17-7-21(27)10-24(8-17,9-20)23(33)34-11-22-12-35-28(38-22)18-2-15-1-16(4-18)5-19(28)3-15;26-22(23-7-17-2-18(8-23)10-24(27,9-17)14-23)28-11-19-12-29-25(30-13-19)20-3-15-1-16(5-20)6-21(25)4-15;3*1-2/h16-23H,1-15H2;15-22H,1-14H2;15-21,27H,1-14H2;3*1-2H3. The van der Waals surface area contributed by atoms with Crippen LogP contribution in [0.4, 0.5) is 35.1 Å². The highest BCUT2D eigenvalue weighted by Gasteiger charge is 2.74. The summed E-state index contributed by atoms with van der Waals surface area (Å²) in [7, 11) is 0. The predicted octanol–water partition coefficient (Wildman–Crippen LogP) is 16.9. The summed E-state index contributed by atoms with van der Waals surface area (Å²) in [5.41, 5.74) is -2.56. The van der Waals surface area contributed by atoms with Gasteiger partial charge >= 0.3 is 41.6 Å². The zero-order valence-corrected chi connectivity index (χ0v) is 67.7. The van der Waals surface area contributed by atoms with Gasteiger partial charge in [0.05, 0.1) is 68.1 Å². The van der Waals surface area contributed by atoms with Gasteiger partial charge < -0.3 is 66.7 Å². The predicted molar refractivity (Wildman–Crippen MR) is 391 cm³/mol. The van der Waals surface area contributed by atoms with Crippen molar-refractivity contribution in [3.8, 4) is 0 Å². The van der Waals surface area contributed by atoms with Gasteiger partial charge in [-0.25, -0.2) is 0 Å². The zero-order valence-electron chi connectivity index (χ0n) is 67.7. The summed E-state index contributed by atoms with van der Waals surface area (Å²) in [6, 6.07) is 0. The molecule has 0 radical (unpaired) electrons. The van der Waals surface area contributed by atoms with E-state index in [9.17, 15) is 54.6 Å². The lowest BCUT2D eigenvalue weighted by atomic mass is 9.47. The van der Waals surface area contributed by atoms with Crippen LogP contribution in [0.15, 0.2) is 0 Å². The van der Waals surface area contributed by atoms with E-state index in [0.717, 1.165) is 86.9 Å². The fraction of sp³-hybridized carbons (Fsp3) is 0.966. The van der Waals surface area contributed by atoms with E-state index in [2.05, 4.69) is 0 Å². The second kappa shape index (κ2) is 29.3. The van der Waals surface area contributed by atoms with E-state index in [-0.39, 0.29) is 78.5 Å². The first-order valence-electron chi connectivity index (χ1n) is 45.2. The summed E-state index contributed by atoms with van der Waals surface area (Å²) in [4.78, 5) is 40.3. The van der Waals surface area contributed by atoms with Gasteiger partial charge in [0.2, 0.25) is 0 Å². The van der Waals surface area contributed by atoms with Crippen molar-refractivity contribution in [2.75, 3.05) is 79.3 Å². The van der Waals surface area contributed by atoms with Crippen LogP contribution in [-0.2, 0) is 76.0 Å². The second-order valence-electron chi connectivity index (χ2n) is 41.0. The molecule has 7 atom stereocenters. The number of hydrogen-bond acceptors (Lipinski definition) is 17. The van der Waals surface area contributed by atoms with Crippen LogP contribution in [0, 0.1) is 146 Å². The molecule has 5 saturated heterocycles. The minimum absolute atomic E-state index is 0.0324. The van der Waals surface area contributed by atoms with Crippen molar-refractivity contribution in [3.63, 3.8) is 0 Å². The number of alkyl halides is 8. The highest BCUT2D eigenvalue weighted by atomic mass is 19.3. The Kier molecular flexibility index (Phi) is 21.1. The van der Waals surface area contributed by atoms with Gasteiger partial charge in [-0.1, -0.05) is 41.5 Å². The summed E-state index contributed by atoms with van der Waals surface area (Å²) in [5.74, 6) is -14.1. The van der Waals surface area contributed by atoms with E-state index in [1.54, 1.807) is 0 Å². The number of aliphatic hydroxyl groups is 1. The normalized spacial score (nSPS) is 51.1. The molecule has 113 heavy (non-hydrogen) atoms. The molecular formula is C88H128F8O17. The third-order valence-electron chi connectivity index (χ3n) is 34.1. The van der Waals surface area contributed by atoms with Crippen LogP contribution < -0.4 is 0 Å². The molecule has 17 nitrogen and oxygen atoms in total. The van der Waals surface area contributed by atoms with Gasteiger partial charge in [0.15, 0.2) is 28.9 Å². The van der Waals surface area contributed by atoms with Crippen LogP contribution in [0.25, 0.3) is 0 Å². The van der Waals surface area contributed by atoms with Gasteiger partial charge in [0.25, 0.3) is 0 Å². The molecule has 638 valence electrons. The molecule has 29 rings (SSSR count). The molecule has 29 fully saturated rings. The van der Waals surface area contributed by atoms with Crippen molar-refractivity contribution in [3.05, 3.63) is 0 Å². The Hall–Kier alpha value is -2.59. The average molecular weight is 1610 g/mol. The number of carbonyl (C=O) groups is 3. The molecule has 24 aliphatic carbocycles. The van der Waals surface area contributed by atoms with E-state index in [4.69, 9.17) is 61.6 Å².